The number of halogens is 3. The first-order valence-corrected chi connectivity index (χ1v) is 16.9. The molecular weight excluding hydrogens is 802 g/mol. The molecule has 2 aromatic carbocycles. The second-order valence-corrected chi connectivity index (χ2v) is 13.2. The minimum absolute atomic E-state index is 0.133. The van der Waals surface area contributed by atoms with Gasteiger partial charge in [0, 0.05) is 52.2 Å². The van der Waals surface area contributed by atoms with E-state index < -0.39 is 5.97 Å². The fraction of sp³-hybridized carbons (Fsp3) is 0.0833. The molecule has 0 bridgehead atoms. The Morgan fingerprint density at radius 2 is 1.25 bits per heavy atom. The van der Waals surface area contributed by atoms with Gasteiger partial charge in [-0.15, -0.1) is 0 Å². The van der Waals surface area contributed by atoms with Crippen molar-refractivity contribution in [2.75, 3.05) is 7.11 Å². The molecule has 0 radical (unpaired) electrons. The second-order valence-electron chi connectivity index (χ2n) is 11.2. The van der Waals surface area contributed by atoms with Crippen LogP contribution in [0.3, 0.4) is 0 Å². The average Bonchev–Trinajstić information content (AvgIpc) is 3.67. The normalized spacial score (nSPS) is 10.9. The molecule has 8 rings (SSSR count). The van der Waals surface area contributed by atoms with Crippen LogP contribution in [0.15, 0.2) is 86.0 Å². The molecule has 248 valence electrons. The molecule has 12 nitrogen and oxygen atoms in total. The van der Waals surface area contributed by atoms with Crippen molar-refractivity contribution in [3.8, 4) is 12.1 Å². The van der Waals surface area contributed by atoms with Gasteiger partial charge in [-0.1, -0.05) is 35.3 Å². The van der Waals surface area contributed by atoms with Gasteiger partial charge in [0.2, 0.25) is 0 Å². The summed E-state index contributed by atoms with van der Waals surface area (Å²) in [7, 11) is 1.29. The van der Waals surface area contributed by atoms with Gasteiger partial charge in [-0.05, 0) is 70.1 Å². The number of benzene rings is 2. The van der Waals surface area contributed by atoms with Crippen molar-refractivity contribution in [1.29, 1.82) is 10.5 Å². The van der Waals surface area contributed by atoms with Crippen LogP contribution in [-0.2, 0) is 17.8 Å². The fourth-order valence-electron chi connectivity index (χ4n) is 5.77. The lowest BCUT2D eigenvalue weighted by molar-refractivity contribution is 0.0602. The zero-order valence-electron chi connectivity index (χ0n) is 26.4. The highest BCUT2D eigenvalue weighted by molar-refractivity contribution is 14.1. The molecule has 0 saturated carbocycles. The number of methoxy groups -OCH3 is 1. The van der Waals surface area contributed by atoms with E-state index in [1.165, 1.54) is 19.8 Å². The van der Waals surface area contributed by atoms with Gasteiger partial charge in [-0.25, -0.2) is 24.7 Å². The van der Waals surface area contributed by atoms with Gasteiger partial charge < -0.3 is 13.9 Å². The van der Waals surface area contributed by atoms with Crippen molar-refractivity contribution < 1.29 is 9.53 Å². The monoisotopic (exact) mass is 822 g/mol. The van der Waals surface area contributed by atoms with E-state index in [0.29, 0.717) is 39.9 Å². The third-order valence-electron chi connectivity index (χ3n) is 8.01. The van der Waals surface area contributed by atoms with E-state index in [1.54, 1.807) is 23.2 Å². The molecule has 0 aliphatic rings. The molecule has 0 unspecified atom stereocenters. The van der Waals surface area contributed by atoms with Crippen LogP contribution in [0.1, 0.15) is 32.9 Å². The van der Waals surface area contributed by atoms with Crippen molar-refractivity contribution in [2.24, 2.45) is 0 Å². The summed E-state index contributed by atoms with van der Waals surface area (Å²) in [6, 6.07) is 19.8. The number of fused-ring (bicyclic) bond motifs is 4. The first kappa shape index (κ1) is 33.7. The third kappa shape index (κ3) is 6.74. The van der Waals surface area contributed by atoms with Crippen molar-refractivity contribution >= 4 is 95.6 Å². The average molecular weight is 823 g/mol. The molecule has 0 N–H and O–H groups in total. The van der Waals surface area contributed by atoms with Crippen LogP contribution in [0.25, 0.3) is 43.9 Å². The van der Waals surface area contributed by atoms with Crippen molar-refractivity contribution in [3.63, 3.8) is 0 Å². The predicted octanol–water partition coefficient (Wildman–Crippen LogP) is 7.50. The lowest BCUT2D eigenvalue weighted by Crippen LogP contribution is -2.01. The number of esters is 1. The molecule has 0 atom stereocenters. The molecule has 0 saturated heterocycles. The van der Waals surface area contributed by atoms with Gasteiger partial charge >= 0.3 is 5.97 Å². The number of nitrogens with zero attached hydrogens (tertiary/aromatic N) is 10. The SMILES string of the molecule is COC(=O)c1cn(Cc2ccc3ncc(Cl)cc3c2)c2ncnc(C#N)c12.N#Cc1ncnc2c1c(I)cn2Cc1ccc2ncc(Cl)cc2c1. The maximum Gasteiger partial charge on any atom is 0.340 e. The van der Waals surface area contributed by atoms with Crippen molar-refractivity contribution in [3.05, 3.63) is 128 Å². The number of pyridine rings is 2. The standard InChI is InChI=1S/C19H12ClN5O2.C17H9ClIN5/c1-27-19(26)14-9-25(18-17(14)16(6-21)23-10-24-18)8-11-2-3-15-12(4-11)5-13(20)7-22-15;18-12-4-11-3-10(1-2-14(11)21-6-12)7-24-8-13(19)16-15(5-20)22-9-23-17(16)24/h2-5,7,9-10H,8H2,1H3;1-4,6,8-9H,7H2. The van der Waals surface area contributed by atoms with Gasteiger partial charge in [0.05, 0.1) is 44.5 Å². The zero-order valence-corrected chi connectivity index (χ0v) is 30.1. The molecule has 0 amide bonds. The predicted molar refractivity (Wildman–Crippen MR) is 200 cm³/mol. The van der Waals surface area contributed by atoms with E-state index in [1.807, 2.05) is 59.3 Å². The molecular formula is C36H21Cl2IN10O2. The molecule has 6 heterocycles. The van der Waals surface area contributed by atoms with Crippen LogP contribution in [0.4, 0.5) is 0 Å². The van der Waals surface area contributed by atoms with E-state index in [-0.39, 0.29) is 11.3 Å². The Bertz CT molecular complexity index is 2750. The largest absolute Gasteiger partial charge is 0.465 e. The first-order chi connectivity index (χ1) is 24.8. The maximum absolute atomic E-state index is 12.2. The minimum atomic E-state index is -0.542. The lowest BCUT2D eigenvalue weighted by atomic mass is 10.1. The summed E-state index contributed by atoms with van der Waals surface area (Å²) in [5.41, 5.74) is 5.87. The fourth-order valence-corrected chi connectivity index (χ4v) is 6.94. The highest BCUT2D eigenvalue weighted by atomic mass is 127. The number of nitriles is 2. The van der Waals surface area contributed by atoms with Crippen LogP contribution in [0.5, 0.6) is 0 Å². The molecule has 51 heavy (non-hydrogen) atoms. The van der Waals surface area contributed by atoms with E-state index in [4.69, 9.17) is 27.9 Å². The van der Waals surface area contributed by atoms with Crippen LogP contribution in [-0.4, -0.2) is 52.1 Å². The Morgan fingerprint density at radius 3 is 1.78 bits per heavy atom. The lowest BCUT2D eigenvalue weighted by Gasteiger charge is -2.06. The number of rotatable bonds is 5. The van der Waals surface area contributed by atoms with E-state index in [0.717, 1.165) is 47.5 Å². The van der Waals surface area contributed by atoms with Gasteiger partial charge in [0.1, 0.15) is 36.1 Å². The van der Waals surface area contributed by atoms with Gasteiger partial charge in [-0.3, -0.25) is 9.97 Å². The van der Waals surface area contributed by atoms with Crippen LogP contribution < -0.4 is 0 Å². The Labute approximate surface area is 313 Å². The van der Waals surface area contributed by atoms with E-state index in [2.05, 4.69) is 64.6 Å². The number of carbonyl (C=O) groups excluding carboxylic acids is 1. The number of ether oxygens (including phenoxy) is 1. The summed E-state index contributed by atoms with van der Waals surface area (Å²) in [4.78, 5) is 37.3. The van der Waals surface area contributed by atoms with Crippen LogP contribution in [0, 0.1) is 26.2 Å². The second kappa shape index (κ2) is 14.2. The summed E-state index contributed by atoms with van der Waals surface area (Å²) in [5, 5.41) is 22.8. The number of hydrogen-bond acceptors (Lipinski definition) is 10. The van der Waals surface area contributed by atoms with Gasteiger partial charge in [0.15, 0.2) is 11.4 Å². The first-order valence-electron chi connectivity index (χ1n) is 15.1. The Kier molecular flexibility index (Phi) is 9.42. The quantitative estimate of drug-likeness (QED) is 0.126. The third-order valence-corrected chi connectivity index (χ3v) is 9.24. The summed E-state index contributed by atoms with van der Waals surface area (Å²) in [6.45, 7) is 1.08. The molecule has 6 aromatic heterocycles. The van der Waals surface area contributed by atoms with Crippen LogP contribution >= 0.6 is 45.8 Å². The molecule has 0 aliphatic heterocycles. The number of carbonyl (C=O) groups is 1. The Balaban J connectivity index is 0.000000160. The van der Waals surface area contributed by atoms with E-state index in [9.17, 15) is 15.3 Å². The molecule has 8 aromatic rings. The Hall–Kier alpha value is -5.74. The summed E-state index contributed by atoms with van der Waals surface area (Å²) in [6.07, 6.45) is 9.60. The maximum atomic E-state index is 12.2. The van der Waals surface area contributed by atoms with Gasteiger partial charge in [-0.2, -0.15) is 10.5 Å². The number of aromatic nitrogens is 8. The molecule has 0 fully saturated rings. The van der Waals surface area contributed by atoms with E-state index >= 15 is 0 Å². The zero-order chi connectivity index (χ0) is 35.6. The van der Waals surface area contributed by atoms with Gasteiger partial charge in [0.25, 0.3) is 0 Å². The Morgan fingerprint density at radius 1 is 0.745 bits per heavy atom. The van der Waals surface area contributed by atoms with Crippen LogP contribution in [0.2, 0.25) is 10.0 Å². The number of hydrogen-bond donors (Lipinski definition) is 0. The summed E-state index contributed by atoms with van der Waals surface area (Å²) in [5.74, 6) is -0.542. The highest BCUT2D eigenvalue weighted by Gasteiger charge is 2.21. The molecule has 0 spiro atoms. The topological polar surface area (TPSA) is 161 Å². The minimum Gasteiger partial charge on any atom is -0.465 e. The van der Waals surface area contributed by atoms with Crippen molar-refractivity contribution in [1.82, 2.24) is 39.0 Å². The van der Waals surface area contributed by atoms with Crippen molar-refractivity contribution in [2.45, 2.75) is 13.1 Å². The summed E-state index contributed by atoms with van der Waals surface area (Å²) < 4.78 is 9.62. The highest BCUT2D eigenvalue weighted by Crippen LogP contribution is 2.27. The molecule has 15 heteroatoms. The molecule has 0 aliphatic carbocycles. The smallest absolute Gasteiger partial charge is 0.340 e. The summed E-state index contributed by atoms with van der Waals surface area (Å²) >= 11 is 14.3.